The highest BCUT2D eigenvalue weighted by molar-refractivity contribution is 5.88. The number of hydrogen-bond acceptors (Lipinski definition) is 5. The molecule has 0 spiro atoms. The molecule has 2 N–H and O–H groups in total. The number of carbonyl (C=O) groups excluding carboxylic acids is 2. The Morgan fingerprint density at radius 3 is 2.50 bits per heavy atom. The van der Waals surface area contributed by atoms with Crippen LogP contribution in [0.1, 0.15) is 84.5 Å². The lowest BCUT2D eigenvalue weighted by Gasteiger charge is -2.32. The van der Waals surface area contributed by atoms with Crippen molar-refractivity contribution in [1.82, 2.24) is 10.2 Å². The molecule has 0 radical (unpaired) electrons. The van der Waals surface area contributed by atoms with Crippen LogP contribution >= 0.6 is 0 Å². The molecule has 3 fully saturated rings. The topological polar surface area (TPSA) is 95.9 Å². The maximum Gasteiger partial charge on any atom is 0.326 e. The lowest BCUT2D eigenvalue weighted by molar-refractivity contribution is -0.151. The minimum Gasteiger partial charge on any atom is -0.480 e. The molecule has 3 aliphatic rings. The average molecular weight is 423 g/mol. The quantitative estimate of drug-likeness (QED) is 0.554. The highest BCUT2D eigenvalue weighted by Crippen LogP contribution is 2.41. The number of carbonyl (C=O) groups is 3. The number of amides is 1. The van der Waals surface area contributed by atoms with Crippen LogP contribution in [0.15, 0.2) is 0 Å². The first-order valence-corrected chi connectivity index (χ1v) is 11.9. The van der Waals surface area contributed by atoms with E-state index in [1.807, 2.05) is 0 Å². The number of rotatable bonds is 9. The fraction of sp³-hybridized carbons (Fsp3) is 0.870. The highest BCUT2D eigenvalue weighted by Gasteiger charge is 2.49. The Bertz CT molecular complexity index is 619. The summed E-state index contributed by atoms with van der Waals surface area (Å²) >= 11 is 0. The van der Waals surface area contributed by atoms with Crippen molar-refractivity contribution in [2.45, 2.75) is 109 Å². The van der Waals surface area contributed by atoms with Gasteiger partial charge in [0.1, 0.15) is 12.1 Å². The van der Waals surface area contributed by atoms with E-state index in [1.54, 1.807) is 18.7 Å². The molecule has 1 unspecified atom stereocenters. The van der Waals surface area contributed by atoms with E-state index in [2.05, 4.69) is 5.32 Å². The smallest absolute Gasteiger partial charge is 0.326 e. The van der Waals surface area contributed by atoms with Crippen LogP contribution in [-0.2, 0) is 19.1 Å². The maximum absolute atomic E-state index is 13.3. The summed E-state index contributed by atoms with van der Waals surface area (Å²) in [6, 6.07) is -1.88. The molecule has 7 heteroatoms. The summed E-state index contributed by atoms with van der Waals surface area (Å²) in [5.41, 5.74) is 0. The second kappa shape index (κ2) is 10.6. The number of hydrogen-bond donors (Lipinski definition) is 2. The predicted octanol–water partition coefficient (Wildman–Crippen LogP) is 3.11. The number of ether oxygens (including phenoxy) is 1. The van der Waals surface area contributed by atoms with Crippen LogP contribution in [-0.4, -0.2) is 58.6 Å². The Morgan fingerprint density at radius 2 is 1.83 bits per heavy atom. The molecule has 0 aromatic rings. The van der Waals surface area contributed by atoms with Gasteiger partial charge in [-0.05, 0) is 57.8 Å². The van der Waals surface area contributed by atoms with Crippen molar-refractivity contribution in [1.29, 1.82) is 0 Å². The standard InChI is InChI=1S/C23H38N2O5/c1-3-30-23(29)18(13-12-16-8-5-4-6-9-16)24-15(2)21(26)25-19-11-7-10-17(19)14-20(25)22(27)28/h15-20,24H,3-14H2,1-2H3,(H,27,28)/t15-,17-,18?,19-,20-/m0/s1. The number of carboxylic acid groups (broad SMARTS) is 1. The van der Waals surface area contributed by atoms with Gasteiger partial charge in [0, 0.05) is 6.04 Å². The average Bonchev–Trinajstić information content (AvgIpc) is 3.32. The lowest BCUT2D eigenvalue weighted by atomic mass is 9.85. The molecule has 170 valence electrons. The molecule has 1 aliphatic heterocycles. The first-order valence-electron chi connectivity index (χ1n) is 11.9. The van der Waals surface area contributed by atoms with Crippen molar-refractivity contribution in [3.63, 3.8) is 0 Å². The normalized spacial score (nSPS) is 28.7. The van der Waals surface area contributed by atoms with Gasteiger partial charge in [0.05, 0.1) is 12.6 Å². The zero-order chi connectivity index (χ0) is 21.7. The predicted molar refractivity (Wildman–Crippen MR) is 113 cm³/mol. The molecule has 2 saturated carbocycles. The largest absolute Gasteiger partial charge is 0.480 e. The Hall–Kier alpha value is -1.63. The molecule has 5 atom stereocenters. The zero-order valence-corrected chi connectivity index (χ0v) is 18.5. The van der Waals surface area contributed by atoms with Crippen molar-refractivity contribution in [2.24, 2.45) is 11.8 Å². The van der Waals surface area contributed by atoms with Crippen molar-refractivity contribution in [3.8, 4) is 0 Å². The summed E-state index contributed by atoms with van der Waals surface area (Å²) in [4.78, 5) is 39.2. The second-order valence-corrected chi connectivity index (χ2v) is 9.37. The molecule has 3 rings (SSSR count). The molecule has 1 saturated heterocycles. The van der Waals surface area contributed by atoms with Crippen LogP contribution in [0.25, 0.3) is 0 Å². The van der Waals surface area contributed by atoms with E-state index in [0.29, 0.717) is 25.4 Å². The second-order valence-electron chi connectivity index (χ2n) is 9.37. The third-order valence-electron chi connectivity index (χ3n) is 7.36. The van der Waals surface area contributed by atoms with E-state index in [0.717, 1.165) is 25.7 Å². The highest BCUT2D eigenvalue weighted by atomic mass is 16.5. The van der Waals surface area contributed by atoms with Gasteiger partial charge in [0.2, 0.25) is 5.91 Å². The van der Waals surface area contributed by atoms with Gasteiger partial charge in [-0.25, -0.2) is 4.79 Å². The Labute approximate surface area is 179 Å². The number of carboxylic acids is 1. The van der Waals surface area contributed by atoms with Crippen LogP contribution in [0, 0.1) is 11.8 Å². The first kappa shape index (κ1) is 23.0. The molecule has 0 aromatic carbocycles. The number of fused-ring (bicyclic) bond motifs is 1. The molecule has 1 amide bonds. The van der Waals surface area contributed by atoms with Gasteiger partial charge in [-0.15, -0.1) is 0 Å². The van der Waals surface area contributed by atoms with Crippen LogP contribution in [0.2, 0.25) is 0 Å². The first-order chi connectivity index (χ1) is 14.4. The van der Waals surface area contributed by atoms with Gasteiger partial charge in [-0.2, -0.15) is 0 Å². The molecular formula is C23H38N2O5. The Balaban J connectivity index is 1.64. The third kappa shape index (κ3) is 5.34. The van der Waals surface area contributed by atoms with Gasteiger partial charge < -0.3 is 14.7 Å². The summed E-state index contributed by atoms with van der Waals surface area (Å²) in [6.45, 7) is 3.84. The number of nitrogens with zero attached hydrogens (tertiary/aromatic N) is 1. The Morgan fingerprint density at radius 1 is 1.10 bits per heavy atom. The van der Waals surface area contributed by atoms with Gasteiger partial charge in [-0.3, -0.25) is 14.9 Å². The number of nitrogens with one attached hydrogen (secondary N) is 1. The molecule has 30 heavy (non-hydrogen) atoms. The zero-order valence-electron chi connectivity index (χ0n) is 18.5. The van der Waals surface area contributed by atoms with Crippen LogP contribution < -0.4 is 5.32 Å². The van der Waals surface area contributed by atoms with Gasteiger partial charge in [0.15, 0.2) is 0 Å². The molecule has 0 bridgehead atoms. The van der Waals surface area contributed by atoms with E-state index in [-0.39, 0.29) is 23.8 Å². The summed E-state index contributed by atoms with van der Waals surface area (Å²) in [7, 11) is 0. The Kier molecular flexibility index (Phi) is 8.14. The SMILES string of the molecule is CCOC(=O)C(CCC1CCCCC1)N[C@@H](C)C(=O)N1[C@H](C(=O)O)C[C@@H]2CCC[C@@H]21. The molecule has 0 aromatic heterocycles. The molecular weight excluding hydrogens is 384 g/mol. The van der Waals surface area contributed by atoms with Crippen LogP contribution in [0.3, 0.4) is 0 Å². The van der Waals surface area contributed by atoms with Gasteiger partial charge in [0.25, 0.3) is 0 Å². The van der Waals surface area contributed by atoms with E-state index in [4.69, 9.17) is 4.74 Å². The molecule has 2 aliphatic carbocycles. The minimum atomic E-state index is -0.927. The summed E-state index contributed by atoms with van der Waals surface area (Å²) in [6.07, 6.45) is 11.3. The number of likely N-dealkylation sites (tertiary alicyclic amines) is 1. The van der Waals surface area contributed by atoms with Crippen molar-refractivity contribution < 1.29 is 24.2 Å². The minimum absolute atomic E-state index is 0.0196. The summed E-state index contributed by atoms with van der Waals surface area (Å²) in [5.74, 6) is -0.525. The summed E-state index contributed by atoms with van der Waals surface area (Å²) < 4.78 is 5.26. The molecule has 7 nitrogen and oxygen atoms in total. The van der Waals surface area contributed by atoms with Crippen molar-refractivity contribution in [2.75, 3.05) is 6.61 Å². The van der Waals surface area contributed by atoms with Gasteiger partial charge >= 0.3 is 11.9 Å². The number of esters is 1. The maximum atomic E-state index is 13.3. The third-order valence-corrected chi connectivity index (χ3v) is 7.36. The van der Waals surface area contributed by atoms with E-state index >= 15 is 0 Å². The van der Waals surface area contributed by atoms with Crippen LogP contribution in [0.5, 0.6) is 0 Å². The molecule has 1 heterocycles. The fourth-order valence-corrected chi connectivity index (χ4v) is 5.81. The monoisotopic (exact) mass is 422 g/mol. The van der Waals surface area contributed by atoms with Crippen molar-refractivity contribution >= 4 is 17.8 Å². The van der Waals surface area contributed by atoms with Crippen LogP contribution in [0.4, 0.5) is 0 Å². The van der Waals surface area contributed by atoms with E-state index in [9.17, 15) is 19.5 Å². The van der Waals surface area contributed by atoms with Crippen molar-refractivity contribution in [3.05, 3.63) is 0 Å². The lowest BCUT2D eigenvalue weighted by Crippen LogP contribution is -2.55. The summed E-state index contributed by atoms with van der Waals surface area (Å²) in [5, 5.41) is 12.8. The van der Waals surface area contributed by atoms with E-state index in [1.165, 1.54) is 32.1 Å². The number of aliphatic carboxylic acids is 1. The van der Waals surface area contributed by atoms with E-state index < -0.39 is 24.1 Å². The van der Waals surface area contributed by atoms with Gasteiger partial charge in [-0.1, -0.05) is 38.5 Å². The fourth-order valence-electron chi connectivity index (χ4n) is 5.81.